The highest BCUT2D eigenvalue weighted by atomic mass is 16.5. The lowest BCUT2D eigenvalue weighted by molar-refractivity contribution is 0.149. The highest BCUT2D eigenvalue weighted by Crippen LogP contribution is 1.73. The van der Waals surface area contributed by atoms with E-state index >= 15 is 0 Å². The maximum absolute atomic E-state index is 5.18. The molecule has 78 valence electrons. The van der Waals surface area contributed by atoms with Crippen molar-refractivity contribution >= 4 is 0 Å². The van der Waals surface area contributed by atoms with E-state index in [2.05, 4.69) is 24.5 Å². The number of hydrogen-bond donors (Lipinski definition) is 2. The second-order valence-corrected chi connectivity index (χ2v) is 3.06. The van der Waals surface area contributed by atoms with E-state index in [0.717, 1.165) is 32.8 Å². The van der Waals surface area contributed by atoms with Crippen molar-refractivity contribution in [1.82, 2.24) is 10.6 Å². The predicted molar refractivity (Wildman–Crippen MR) is 56.7 cm³/mol. The van der Waals surface area contributed by atoms with E-state index < -0.39 is 0 Å². The third kappa shape index (κ3) is 9.88. The Kier molecular flexibility index (Phi) is 8.88. The van der Waals surface area contributed by atoms with Crippen LogP contribution in [0.4, 0.5) is 0 Å². The lowest BCUT2D eigenvalue weighted by Crippen LogP contribution is -2.32. The van der Waals surface area contributed by atoms with Crippen molar-refractivity contribution in [2.24, 2.45) is 0 Å². The van der Waals surface area contributed by atoms with E-state index in [1.54, 1.807) is 0 Å². The lowest BCUT2D eigenvalue weighted by atomic mass is 10.4. The Hall–Kier alpha value is -0.120. The molecule has 0 spiro atoms. The molecule has 0 radical (unpaired) electrons. The van der Waals surface area contributed by atoms with E-state index in [9.17, 15) is 0 Å². The van der Waals surface area contributed by atoms with E-state index in [4.69, 9.17) is 4.74 Å². The van der Waals surface area contributed by atoms with Crippen molar-refractivity contribution in [3.63, 3.8) is 0 Å². The third-order valence-corrected chi connectivity index (χ3v) is 1.48. The summed E-state index contributed by atoms with van der Waals surface area (Å²) in [5.41, 5.74) is 0. The van der Waals surface area contributed by atoms with Gasteiger partial charge in [0.1, 0.15) is 0 Å². The van der Waals surface area contributed by atoms with Gasteiger partial charge in [-0.25, -0.2) is 0 Å². The van der Waals surface area contributed by atoms with Gasteiger partial charge in [0.05, 0.1) is 6.61 Å². The molecular weight excluding hydrogens is 152 g/mol. The summed E-state index contributed by atoms with van der Waals surface area (Å²) in [6, 6.07) is 0.582. The molecule has 12 heavy (non-hydrogen) atoms. The molecule has 0 rings (SSSR count). The first-order chi connectivity index (χ1) is 5.77. The molecule has 0 saturated heterocycles. The van der Waals surface area contributed by atoms with Crippen LogP contribution < -0.4 is 10.6 Å². The first kappa shape index (κ1) is 11.9. The molecule has 0 heterocycles. The van der Waals surface area contributed by atoms with Crippen LogP contribution in [-0.2, 0) is 4.74 Å². The predicted octanol–water partition coefficient (Wildman–Crippen LogP) is 1.10. The van der Waals surface area contributed by atoms with Crippen molar-refractivity contribution in [2.75, 3.05) is 32.8 Å². The van der Waals surface area contributed by atoms with Gasteiger partial charge < -0.3 is 15.4 Å². The molecule has 0 aromatic rings. The van der Waals surface area contributed by atoms with Gasteiger partial charge in [0.15, 0.2) is 0 Å². The summed E-state index contributed by atoms with van der Waals surface area (Å²) < 4.78 is 5.18. The normalized spacial score (nSPS) is 11.0. The van der Waals surface area contributed by atoms with E-state index in [-0.39, 0.29) is 2.85 Å². The Labute approximate surface area is 78.8 Å². The van der Waals surface area contributed by atoms with Gasteiger partial charge >= 0.3 is 0 Å². The standard InChI is InChI=1S/C9H22N2O.2H2/c1-4-12-8-7-10-5-6-11-9(2)3;;/h9-11H,4-8H2,1-3H3;2*1H. The van der Waals surface area contributed by atoms with Crippen LogP contribution in [0.3, 0.4) is 0 Å². The largest absolute Gasteiger partial charge is 0.380 e. The van der Waals surface area contributed by atoms with Gasteiger partial charge in [-0.3, -0.25) is 0 Å². The molecule has 0 unspecified atom stereocenters. The molecule has 3 heteroatoms. The van der Waals surface area contributed by atoms with Gasteiger partial charge in [-0.2, -0.15) is 0 Å². The third-order valence-electron chi connectivity index (χ3n) is 1.48. The van der Waals surface area contributed by atoms with Crippen LogP contribution in [0.2, 0.25) is 0 Å². The van der Waals surface area contributed by atoms with Crippen LogP contribution in [0, 0.1) is 0 Å². The van der Waals surface area contributed by atoms with Crippen LogP contribution in [0.1, 0.15) is 23.6 Å². The smallest absolute Gasteiger partial charge is 0.0590 e. The molecular formula is C9H26N2O. The average molecular weight is 178 g/mol. The fourth-order valence-electron chi connectivity index (χ4n) is 0.863. The van der Waals surface area contributed by atoms with Gasteiger partial charge in [-0.05, 0) is 6.92 Å². The molecule has 0 aliphatic heterocycles. The molecule has 0 aliphatic rings. The lowest BCUT2D eigenvalue weighted by Gasteiger charge is -2.08. The average Bonchev–Trinajstić information content (AvgIpc) is 2.02. The highest BCUT2D eigenvalue weighted by Gasteiger charge is 1.90. The minimum atomic E-state index is 0. The minimum Gasteiger partial charge on any atom is -0.380 e. The SMILES string of the molecule is CCOCCNCCNC(C)C.[HH].[HH]. The summed E-state index contributed by atoms with van der Waals surface area (Å²) >= 11 is 0. The molecule has 0 saturated carbocycles. The summed E-state index contributed by atoms with van der Waals surface area (Å²) in [6.45, 7) is 11.0. The Bertz CT molecular complexity index is 94.9. The monoisotopic (exact) mass is 178 g/mol. The molecule has 0 bridgehead atoms. The maximum atomic E-state index is 5.18. The summed E-state index contributed by atoms with van der Waals surface area (Å²) in [6.07, 6.45) is 0. The zero-order chi connectivity index (χ0) is 9.23. The molecule has 0 fully saturated rings. The van der Waals surface area contributed by atoms with Crippen LogP contribution in [0.25, 0.3) is 0 Å². The number of ether oxygens (including phenoxy) is 1. The Morgan fingerprint density at radius 3 is 2.58 bits per heavy atom. The minimum absolute atomic E-state index is 0. The molecule has 0 aliphatic carbocycles. The second-order valence-electron chi connectivity index (χ2n) is 3.06. The fraction of sp³-hybridized carbons (Fsp3) is 1.00. The molecule has 0 amide bonds. The molecule has 0 aromatic heterocycles. The van der Waals surface area contributed by atoms with Crippen molar-refractivity contribution in [1.29, 1.82) is 0 Å². The number of hydrogen-bond acceptors (Lipinski definition) is 3. The van der Waals surface area contributed by atoms with Gasteiger partial charge in [-0.1, -0.05) is 13.8 Å². The summed E-state index contributed by atoms with van der Waals surface area (Å²) in [4.78, 5) is 0. The number of rotatable bonds is 8. The van der Waals surface area contributed by atoms with Crippen molar-refractivity contribution in [3.05, 3.63) is 0 Å². The summed E-state index contributed by atoms with van der Waals surface area (Å²) in [5, 5.41) is 6.62. The topological polar surface area (TPSA) is 33.3 Å². The first-order valence-corrected chi connectivity index (χ1v) is 4.79. The summed E-state index contributed by atoms with van der Waals surface area (Å²) in [5.74, 6) is 0. The Balaban J connectivity index is -0.000000605. The van der Waals surface area contributed by atoms with Gasteiger partial charge in [-0.15, -0.1) is 0 Å². The molecule has 0 aromatic carbocycles. The van der Waals surface area contributed by atoms with Crippen molar-refractivity contribution < 1.29 is 7.59 Å². The summed E-state index contributed by atoms with van der Waals surface area (Å²) in [7, 11) is 0. The van der Waals surface area contributed by atoms with Crippen LogP contribution in [0.15, 0.2) is 0 Å². The number of nitrogens with one attached hydrogen (secondary N) is 2. The van der Waals surface area contributed by atoms with Gasteiger partial charge in [0, 0.05) is 35.1 Å². The molecule has 0 atom stereocenters. The fourth-order valence-corrected chi connectivity index (χ4v) is 0.863. The second kappa shape index (κ2) is 8.97. The van der Waals surface area contributed by atoms with Crippen LogP contribution in [0.5, 0.6) is 0 Å². The molecule has 2 N–H and O–H groups in total. The van der Waals surface area contributed by atoms with Crippen LogP contribution in [-0.4, -0.2) is 38.9 Å². The van der Waals surface area contributed by atoms with Crippen molar-refractivity contribution in [2.45, 2.75) is 26.8 Å². The van der Waals surface area contributed by atoms with E-state index in [1.165, 1.54) is 0 Å². The quantitative estimate of drug-likeness (QED) is 0.546. The Morgan fingerprint density at radius 1 is 1.25 bits per heavy atom. The zero-order valence-corrected chi connectivity index (χ0v) is 8.52. The van der Waals surface area contributed by atoms with Gasteiger partial charge in [0.2, 0.25) is 0 Å². The molecule has 3 nitrogen and oxygen atoms in total. The van der Waals surface area contributed by atoms with Crippen LogP contribution >= 0.6 is 0 Å². The Morgan fingerprint density at radius 2 is 2.00 bits per heavy atom. The zero-order valence-electron chi connectivity index (χ0n) is 8.52. The van der Waals surface area contributed by atoms with E-state index in [1.807, 2.05) is 6.92 Å². The first-order valence-electron chi connectivity index (χ1n) is 4.79. The highest BCUT2D eigenvalue weighted by molar-refractivity contribution is 4.54. The van der Waals surface area contributed by atoms with Crippen molar-refractivity contribution in [3.8, 4) is 0 Å². The maximum Gasteiger partial charge on any atom is 0.0590 e. The van der Waals surface area contributed by atoms with E-state index in [0.29, 0.717) is 6.04 Å². The van der Waals surface area contributed by atoms with Gasteiger partial charge in [0.25, 0.3) is 0 Å².